The number of thiophene rings is 1. The zero-order valence-electron chi connectivity index (χ0n) is 12.2. The maximum atomic E-state index is 2.54. The molecule has 0 spiro atoms. The molecule has 1 rings (SSSR count). The van der Waals surface area contributed by atoms with Crippen LogP contribution in [0.3, 0.4) is 0 Å². The Labute approximate surface area is 116 Å². The Bertz CT molecular complexity index is 322. The van der Waals surface area contributed by atoms with Crippen molar-refractivity contribution >= 4 is 32.6 Å². The van der Waals surface area contributed by atoms with E-state index < -0.39 is 18.4 Å². The number of rotatable bonds is 7. The number of hydrogen-bond donors (Lipinski definition) is 0. The van der Waals surface area contributed by atoms with Crippen LogP contribution in [-0.4, -0.2) is 18.4 Å². The SMILES string of the molecule is CCCCCC(CC)c1ccs[c]1[Sn]([CH3])([CH3])[CH3]. The second-order valence-corrected chi connectivity index (χ2v) is 22.3. The molecule has 1 atom stereocenters. The third-order valence-corrected chi connectivity index (χ3v) is 14.0. The van der Waals surface area contributed by atoms with Gasteiger partial charge in [0, 0.05) is 0 Å². The van der Waals surface area contributed by atoms with Crippen molar-refractivity contribution in [3.63, 3.8) is 0 Å². The summed E-state index contributed by atoms with van der Waals surface area (Å²) in [4.78, 5) is 7.63. The van der Waals surface area contributed by atoms with Gasteiger partial charge < -0.3 is 0 Å². The summed E-state index contributed by atoms with van der Waals surface area (Å²) in [6.07, 6.45) is 6.86. The first kappa shape index (κ1) is 15.6. The molecule has 1 unspecified atom stereocenters. The molecule has 0 amide bonds. The van der Waals surface area contributed by atoms with E-state index >= 15 is 0 Å². The fourth-order valence-electron chi connectivity index (χ4n) is 2.47. The van der Waals surface area contributed by atoms with Gasteiger partial charge in [-0.1, -0.05) is 0 Å². The maximum absolute atomic E-state index is 2.54. The van der Waals surface area contributed by atoms with E-state index in [9.17, 15) is 0 Å². The van der Waals surface area contributed by atoms with Gasteiger partial charge in [0.15, 0.2) is 0 Å². The van der Waals surface area contributed by atoms with Crippen LogP contribution in [0.1, 0.15) is 57.4 Å². The topological polar surface area (TPSA) is 0 Å². The molecule has 2 heteroatoms. The summed E-state index contributed by atoms with van der Waals surface area (Å²) in [5.41, 5.74) is 1.72. The van der Waals surface area contributed by atoms with Crippen LogP contribution in [0, 0.1) is 0 Å². The predicted octanol–water partition coefficient (Wildman–Crippen LogP) is 5.37. The van der Waals surface area contributed by atoms with Crippen molar-refractivity contribution in [2.45, 2.75) is 66.7 Å². The summed E-state index contributed by atoms with van der Waals surface area (Å²) < 4.78 is 1.81. The van der Waals surface area contributed by atoms with Crippen molar-refractivity contribution in [3.05, 3.63) is 17.0 Å². The quantitative estimate of drug-likeness (QED) is 0.454. The van der Waals surface area contributed by atoms with Gasteiger partial charge in [-0.2, -0.15) is 0 Å². The molecule has 0 aliphatic rings. The van der Waals surface area contributed by atoms with Crippen LogP contribution in [0.2, 0.25) is 14.8 Å². The summed E-state index contributed by atoms with van der Waals surface area (Å²) in [5, 5.41) is 2.33. The molecule has 1 heterocycles. The molecule has 0 saturated heterocycles. The fourth-order valence-corrected chi connectivity index (χ4v) is 10.4. The Morgan fingerprint density at radius 3 is 2.41 bits per heavy atom. The van der Waals surface area contributed by atoms with Crippen molar-refractivity contribution in [1.29, 1.82) is 0 Å². The van der Waals surface area contributed by atoms with Crippen molar-refractivity contribution in [2.75, 3.05) is 0 Å². The molecule has 0 fully saturated rings. The molecule has 17 heavy (non-hydrogen) atoms. The van der Waals surface area contributed by atoms with Crippen molar-refractivity contribution in [3.8, 4) is 0 Å². The van der Waals surface area contributed by atoms with Gasteiger partial charge in [0.2, 0.25) is 0 Å². The molecule has 0 N–H and O–H groups in total. The molecule has 0 nitrogen and oxygen atoms in total. The van der Waals surface area contributed by atoms with Crippen molar-refractivity contribution < 1.29 is 0 Å². The zero-order valence-corrected chi connectivity index (χ0v) is 15.8. The van der Waals surface area contributed by atoms with E-state index in [0.717, 1.165) is 5.92 Å². The molecular weight excluding hydrogens is 331 g/mol. The van der Waals surface area contributed by atoms with Gasteiger partial charge >= 0.3 is 116 Å². The van der Waals surface area contributed by atoms with E-state index in [-0.39, 0.29) is 0 Å². The van der Waals surface area contributed by atoms with Crippen LogP contribution in [0.5, 0.6) is 0 Å². The fraction of sp³-hybridized carbons (Fsp3) is 0.733. The Kier molecular flexibility index (Phi) is 6.57. The second kappa shape index (κ2) is 7.18. The second-order valence-electron chi connectivity index (χ2n) is 6.06. The molecular formula is C15H28SSn. The van der Waals surface area contributed by atoms with Gasteiger partial charge in [-0.05, 0) is 0 Å². The van der Waals surface area contributed by atoms with E-state index in [1.807, 2.05) is 14.2 Å². The normalized spacial score (nSPS) is 13.9. The minimum absolute atomic E-state index is 0.832. The first-order chi connectivity index (χ1) is 8.00. The van der Waals surface area contributed by atoms with Gasteiger partial charge in [-0.15, -0.1) is 0 Å². The summed E-state index contributed by atoms with van der Waals surface area (Å²) in [7, 11) is 0. The third-order valence-electron chi connectivity index (χ3n) is 3.47. The van der Waals surface area contributed by atoms with Crippen LogP contribution in [0.15, 0.2) is 11.4 Å². The predicted molar refractivity (Wildman–Crippen MR) is 84.5 cm³/mol. The van der Waals surface area contributed by atoms with Crippen molar-refractivity contribution in [1.82, 2.24) is 0 Å². The van der Waals surface area contributed by atoms with E-state index in [0.29, 0.717) is 0 Å². The van der Waals surface area contributed by atoms with Gasteiger partial charge in [-0.3, -0.25) is 0 Å². The number of hydrogen-bond acceptors (Lipinski definition) is 1. The average Bonchev–Trinajstić information content (AvgIpc) is 2.73. The summed E-state index contributed by atoms with van der Waals surface area (Å²) in [5.74, 6) is 0.832. The van der Waals surface area contributed by atoms with E-state index in [2.05, 4.69) is 40.1 Å². The third kappa shape index (κ3) is 4.59. The van der Waals surface area contributed by atoms with Crippen molar-refractivity contribution in [2.24, 2.45) is 0 Å². The Morgan fingerprint density at radius 2 is 1.88 bits per heavy atom. The van der Waals surface area contributed by atoms with Crippen LogP contribution < -0.4 is 2.89 Å². The summed E-state index contributed by atoms with van der Waals surface area (Å²) in [6.45, 7) is 4.65. The molecule has 0 radical (unpaired) electrons. The molecule has 1 aromatic heterocycles. The van der Waals surface area contributed by atoms with Crippen LogP contribution in [0.4, 0.5) is 0 Å². The summed E-state index contributed by atoms with van der Waals surface area (Å²) >= 11 is 0.161. The Hall–Kier alpha value is 0.499. The summed E-state index contributed by atoms with van der Waals surface area (Å²) in [6, 6.07) is 2.42. The molecule has 98 valence electrons. The monoisotopic (exact) mass is 360 g/mol. The molecule has 0 aliphatic heterocycles. The zero-order chi connectivity index (χ0) is 12.9. The van der Waals surface area contributed by atoms with Gasteiger partial charge in [0.25, 0.3) is 0 Å². The average molecular weight is 359 g/mol. The Balaban J connectivity index is 2.78. The van der Waals surface area contributed by atoms with Crippen LogP contribution in [0.25, 0.3) is 0 Å². The first-order valence-electron chi connectivity index (χ1n) is 7.08. The van der Waals surface area contributed by atoms with E-state index in [4.69, 9.17) is 0 Å². The van der Waals surface area contributed by atoms with Crippen LogP contribution >= 0.6 is 11.3 Å². The molecule has 0 bridgehead atoms. The minimum atomic E-state index is -1.87. The molecule has 1 aromatic rings. The van der Waals surface area contributed by atoms with Crippen LogP contribution in [-0.2, 0) is 0 Å². The van der Waals surface area contributed by atoms with Gasteiger partial charge in [0.1, 0.15) is 0 Å². The Morgan fingerprint density at radius 1 is 1.18 bits per heavy atom. The standard InChI is InChI=1S/C12H19S.3CH3.Sn/c1-3-5-6-7-11(4-2)12-8-9-13-10-12;;;;/h8-9,11H,3-7H2,1-2H3;3*1H3;. The number of unbranched alkanes of at least 4 members (excludes halogenated alkanes) is 2. The molecule has 0 saturated carbocycles. The van der Waals surface area contributed by atoms with E-state index in [1.54, 1.807) is 5.56 Å². The molecule has 0 aromatic carbocycles. The van der Waals surface area contributed by atoms with E-state index in [1.165, 1.54) is 32.1 Å². The first-order valence-corrected chi connectivity index (χ1v) is 18.0. The van der Waals surface area contributed by atoms with Gasteiger partial charge in [0.05, 0.1) is 0 Å². The van der Waals surface area contributed by atoms with Gasteiger partial charge in [-0.25, -0.2) is 0 Å². The molecule has 0 aliphatic carbocycles.